The van der Waals surface area contributed by atoms with Gasteiger partial charge in [0.2, 0.25) is 5.91 Å². The number of anilines is 1. The molecule has 0 spiro atoms. The maximum absolute atomic E-state index is 11.3. The van der Waals surface area contributed by atoms with E-state index in [1.165, 1.54) is 5.56 Å². The highest BCUT2D eigenvalue weighted by Crippen LogP contribution is 2.29. The molecular weight excluding hydrogens is 228 g/mol. The van der Waals surface area contributed by atoms with Crippen LogP contribution in [0.2, 0.25) is 0 Å². The highest BCUT2D eigenvalue weighted by molar-refractivity contribution is 5.99. The highest BCUT2D eigenvalue weighted by Gasteiger charge is 2.24. The summed E-state index contributed by atoms with van der Waals surface area (Å²) in [6.07, 6.45) is 0.483. The molecule has 98 valence electrons. The van der Waals surface area contributed by atoms with Gasteiger partial charge in [0, 0.05) is 17.6 Å². The van der Waals surface area contributed by atoms with E-state index >= 15 is 0 Å². The van der Waals surface area contributed by atoms with Gasteiger partial charge in [-0.2, -0.15) is 0 Å². The van der Waals surface area contributed by atoms with Crippen LogP contribution in [0.3, 0.4) is 0 Å². The van der Waals surface area contributed by atoms with Crippen molar-refractivity contribution >= 4 is 11.6 Å². The van der Waals surface area contributed by atoms with E-state index in [-0.39, 0.29) is 11.3 Å². The maximum atomic E-state index is 11.3. The van der Waals surface area contributed by atoms with Gasteiger partial charge in [0.15, 0.2) is 0 Å². The van der Waals surface area contributed by atoms with Crippen molar-refractivity contribution in [2.24, 2.45) is 5.84 Å². The Bertz CT molecular complexity index is 456. The molecule has 5 heteroatoms. The summed E-state index contributed by atoms with van der Waals surface area (Å²) in [6.45, 7) is 5.73. The number of hydrogen-bond donors (Lipinski definition) is 4. The van der Waals surface area contributed by atoms with Crippen LogP contribution in [0.15, 0.2) is 18.2 Å². The third kappa shape index (κ3) is 2.69. The minimum Gasteiger partial charge on any atom is -0.326 e. The van der Waals surface area contributed by atoms with Gasteiger partial charge in [0.25, 0.3) is 0 Å². The Labute approximate surface area is 107 Å². The predicted octanol–water partition coefficient (Wildman–Crippen LogP) is 0.469. The average molecular weight is 248 g/mol. The number of nitrogens with one attached hydrogen (secondary N) is 3. The van der Waals surface area contributed by atoms with E-state index in [9.17, 15) is 4.79 Å². The van der Waals surface area contributed by atoms with Crippen molar-refractivity contribution in [1.82, 2.24) is 10.7 Å². The van der Waals surface area contributed by atoms with Gasteiger partial charge in [-0.15, -0.1) is 0 Å². The fraction of sp³-hybridized carbons (Fsp3) is 0.462. The van der Waals surface area contributed by atoms with Gasteiger partial charge in [-0.05, 0) is 17.2 Å². The first-order chi connectivity index (χ1) is 8.53. The summed E-state index contributed by atoms with van der Waals surface area (Å²) >= 11 is 0. The van der Waals surface area contributed by atoms with Crippen LogP contribution in [0.1, 0.15) is 25.0 Å². The number of benzene rings is 1. The normalized spacial score (nSPS) is 14.5. The second kappa shape index (κ2) is 5.06. The Morgan fingerprint density at radius 2 is 2.22 bits per heavy atom. The largest absolute Gasteiger partial charge is 0.326 e. The topological polar surface area (TPSA) is 79.2 Å². The van der Waals surface area contributed by atoms with Crippen molar-refractivity contribution < 1.29 is 4.79 Å². The van der Waals surface area contributed by atoms with E-state index in [0.717, 1.165) is 17.8 Å². The van der Waals surface area contributed by atoms with Gasteiger partial charge in [0.05, 0.1) is 13.1 Å². The summed E-state index contributed by atoms with van der Waals surface area (Å²) in [5.41, 5.74) is 5.82. The predicted molar refractivity (Wildman–Crippen MR) is 72.0 cm³/mol. The van der Waals surface area contributed by atoms with Crippen molar-refractivity contribution in [2.75, 3.05) is 18.5 Å². The first kappa shape index (κ1) is 13.0. The molecule has 0 atom stereocenters. The quantitative estimate of drug-likeness (QED) is 0.264. The summed E-state index contributed by atoms with van der Waals surface area (Å²) < 4.78 is 0. The lowest BCUT2D eigenvalue weighted by Crippen LogP contribution is -2.40. The Morgan fingerprint density at radius 1 is 1.44 bits per heavy atom. The van der Waals surface area contributed by atoms with E-state index in [2.05, 4.69) is 42.0 Å². The van der Waals surface area contributed by atoms with Crippen LogP contribution < -0.4 is 21.9 Å². The number of amides is 1. The second-order valence-electron chi connectivity index (χ2n) is 5.29. The number of hydrogen-bond acceptors (Lipinski definition) is 4. The van der Waals surface area contributed by atoms with Crippen molar-refractivity contribution in [3.63, 3.8) is 0 Å². The molecule has 1 heterocycles. The Hall–Kier alpha value is -1.43. The molecule has 5 N–H and O–H groups in total. The first-order valence-corrected chi connectivity index (χ1v) is 6.10. The van der Waals surface area contributed by atoms with Crippen molar-refractivity contribution in [1.29, 1.82) is 0 Å². The van der Waals surface area contributed by atoms with E-state index in [1.54, 1.807) is 0 Å². The molecule has 2 rings (SSSR count). The van der Waals surface area contributed by atoms with Crippen LogP contribution in [0.5, 0.6) is 0 Å². The number of hydrazine groups is 1. The van der Waals surface area contributed by atoms with Crippen molar-refractivity contribution in [3.05, 3.63) is 29.3 Å². The molecule has 1 aromatic rings. The first-order valence-electron chi connectivity index (χ1n) is 6.10. The molecule has 0 bridgehead atoms. The molecule has 1 aliphatic heterocycles. The summed E-state index contributed by atoms with van der Waals surface area (Å²) in [6, 6.07) is 6.17. The fourth-order valence-corrected chi connectivity index (χ4v) is 2.20. The lowest BCUT2D eigenvalue weighted by atomic mass is 9.83. The van der Waals surface area contributed by atoms with Gasteiger partial charge >= 0.3 is 0 Å². The molecule has 1 aromatic carbocycles. The second-order valence-corrected chi connectivity index (χ2v) is 5.29. The van der Waals surface area contributed by atoms with Gasteiger partial charge in [-0.25, -0.2) is 5.43 Å². The molecule has 0 fully saturated rings. The summed E-state index contributed by atoms with van der Waals surface area (Å²) in [4.78, 5) is 11.3. The lowest BCUT2D eigenvalue weighted by Gasteiger charge is -2.26. The van der Waals surface area contributed by atoms with Crippen molar-refractivity contribution in [3.8, 4) is 0 Å². The van der Waals surface area contributed by atoms with E-state index in [4.69, 9.17) is 5.84 Å². The molecule has 0 unspecified atom stereocenters. The molecule has 0 aromatic heterocycles. The zero-order valence-corrected chi connectivity index (χ0v) is 10.8. The SMILES string of the molecule is CC(C)(CNCNN)c1ccc2c(c1)CC(=O)N2. The molecule has 0 saturated heterocycles. The Morgan fingerprint density at radius 3 is 2.94 bits per heavy atom. The molecule has 1 aliphatic rings. The third-order valence-electron chi connectivity index (χ3n) is 3.31. The van der Waals surface area contributed by atoms with Gasteiger partial charge in [-0.3, -0.25) is 10.6 Å². The zero-order valence-electron chi connectivity index (χ0n) is 10.8. The molecule has 0 saturated carbocycles. The zero-order chi connectivity index (χ0) is 13.2. The molecule has 0 aliphatic carbocycles. The molecular formula is C13H20N4O. The molecule has 0 radical (unpaired) electrons. The standard InChI is InChI=1S/C13H20N4O/c1-13(2,7-15-8-16-14)10-3-4-11-9(5-10)6-12(18)17-11/h3-5,15-16H,6-8,14H2,1-2H3,(H,17,18). The maximum Gasteiger partial charge on any atom is 0.228 e. The van der Waals surface area contributed by atoms with Gasteiger partial charge in [0.1, 0.15) is 0 Å². The number of nitrogens with two attached hydrogens (primary N) is 1. The number of carbonyl (C=O) groups is 1. The van der Waals surface area contributed by atoms with E-state index in [0.29, 0.717) is 13.1 Å². The van der Waals surface area contributed by atoms with Crippen LogP contribution in [0.4, 0.5) is 5.69 Å². The van der Waals surface area contributed by atoms with E-state index in [1.807, 2.05) is 6.07 Å². The fourth-order valence-electron chi connectivity index (χ4n) is 2.20. The minimum atomic E-state index is -0.00246. The van der Waals surface area contributed by atoms with Crippen LogP contribution >= 0.6 is 0 Å². The lowest BCUT2D eigenvalue weighted by molar-refractivity contribution is -0.115. The Balaban J connectivity index is 2.13. The monoisotopic (exact) mass is 248 g/mol. The van der Waals surface area contributed by atoms with Crippen LogP contribution in [0.25, 0.3) is 0 Å². The summed E-state index contributed by atoms with van der Waals surface area (Å²) in [5, 5.41) is 6.08. The Kier molecular flexibility index (Phi) is 3.65. The van der Waals surface area contributed by atoms with Crippen molar-refractivity contribution in [2.45, 2.75) is 25.7 Å². The van der Waals surface area contributed by atoms with Gasteiger partial charge < -0.3 is 10.6 Å². The van der Waals surface area contributed by atoms with Gasteiger partial charge in [-0.1, -0.05) is 26.0 Å². The number of fused-ring (bicyclic) bond motifs is 1. The van der Waals surface area contributed by atoms with Crippen LogP contribution in [-0.2, 0) is 16.6 Å². The molecule has 5 nitrogen and oxygen atoms in total. The smallest absolute Gasteiger partial charge is 0.228 e. The highest BCUT2D eigenvalue weighted by atomic mass is 16.1. The van der Waals surface area contributed by atoms with E-state index < -0.39 is 0 Å². The number of rotatable bonds is 5. The van der Waals surface area contributed by atoms with Crippen LogP contribution in [-0.4, -0.2) is 19.1 Å². The summed E-state index contributed by atoms with van der Waals surface area (Å²) in [5.74, 6) is 5.30. The number of carbonyl (C=O) groups excluding carboxylic acids is 1. The minimum absolute atomic E-state index is 0.00246. The third-order valence-corrected chi connectivity index (χ3v) is 3.31. The average Bonchev–Trinajstić information content (AvgIpc) is 2.68. The summed E-state index contributed by atoms with van der Waals surface area (Å²) in [7, 11) is 0. The molecule has 1 amide bonds. The van der Waals surface area contributed by atoms with Crippen LogP contribution in [0, 0.1) is 0 Å². The molecule has 18 heavy (non-hydrogen) atoms.